The van der Waals surface area contributed by atoms with Crippen LogP contribution in [0.1, 0.15) is 58.8 Å². The predicted octanol–water partition coefficient (Wildman–Crippen LogP) is 1.56. The van der Waals surface area contributed by atoms with Gasteiger partial charge in [0.2, 0.25) is 5.79 Å². The van der Waals surface area contributed by atoms with E-state index in [0.29, 0.717) is 12.8 Å². The minimum atomic E-state index is -2.28. The summed E-state index contributed by atoms with van der Waals surface area (Å²) in [5.41, 5.74) is -0.824. The second kappa shape index (κ2) is 11.4. The Balaban J connectivity index is 3.20. The molecule has 158 valence electrons. The van der Waals surface area contributed by atoms with Crippen LogP contribution in [-0.4, -0.2) is 55.1 Å². The number of cyclic esters (lactones) is 1. The van der Waals surface area contributed by atoms with Gasteiger partial charge >= 0.3 is 23.9 Å². The largest absolute Gasteiger partial charge is 0.469 e. The second-order valence-corrected chi connectivity index (χ2v) is 6.34. The van der Waals surface area contributed by atoms with Crippen LogP contribution in [0.15, 0.2) is 11.1 Å². The maximum absolute atomic E-state index is 12.5. The third-order valence-corrected chi connectivity index (χ3v) is 4.14. The molecule has 0 aliphatic carbocycles. The van der Waals surface area contributed by atoms with Crippen LogP contribution in [0.2, 0.25) is 0 Å². The zero-order valence-corrected chi connectivity index (χ0v) is 16.6. The molecule has 0 aromatic heterocycles. The summed E-state index contributed by atoms with van der Waals surface area (Å²) in [5.74, 6) is -5.76. The maximum Gasteiger partial charge on any atom is 0.345 e. The zero-order valence-electron chi connectivity index (χ0n) is 16.6. The van der Waals surface area contributed by atoms with Crippen LogP contribution in [0.5, 0.6) is 0 Å². The smallest absolute Gasteiger partial charge is 0.345 e. The summed E-state index contributed by atoms with van der Waals surface area (Å²) in [5, 5.41) is 10.8. The molecular formula is C19H28O9. The summed E-state index contributed by atoms with van der Waals surface area (Å²) in [4.78, 5) is 48.3. The lowest BCUT2D eigenvalue weighted by atomic mass is 9.95. The van der Waals surface area contributed by atoms with E-state index < -0.39 is 41.7 Å². The van der Waals surface area contributed by atoms with Gasteiger partial charge in [0, 0.05) is 12.0 Å². The second-order valence-electron chi connectivity index (χ2n) is 6.34. The zero-order chi connectivity index (χ0) is 21.2. The summed E-state index contributed by atoms with van der Waals surface area (Å²) in [6.07, 6.45) is 1.57. The van der Waals surface area contributed by atoms with Gasteiger partial charge < -0.3 is 24.1 Å². The SMILES string of the molecule is CCCCOC(=O)C(C(=O)OCCCC)=C1CC(=O)OC1(O)CCC(=O)OC. The first-order chi connectivity index (χ1) is 13.3. The van der Waals surface area contributed by atoms with Crippen molar-refractivity contribution in [1.29, 1.82) is 0 Å². The van der Waals surface area contributed by atoms with Crippen LogP contribution in [0.3, 0.4) is 0 Å². The minimum absolute atomic E-state index is 0.0732. The molecule has 0 bridgehead atoms. The monoisotopic (exact) mass is 400 g/mol. The van der Waals surface area contributed by atoms with E-state index in [4.69, 9.17) is 14.2 Å². The summed E-state index contributed by atoms with van der Waals surface area (Å²) < 4.78 is 19.6. The molecule has 1 atom stereocenters. The molecule has 9 nitrogen and oxygen atoms in total. The molecule has 1 heterocycles. The first kappa shape index (κ1) is 23.6. The number of unbranched alkanes of at least 4 members (excludes halogenated alkanes) is 2. The number of hydrogen-bond acceptors (Lipinski definition) is 9. The van der Waals surface area contributed by atoms with Crippen LogP contribution >= 0.6 is 0 Å². The fraction of sp³-hybridized carbons (Fsp3) is 0.684. The first-order valence-corrected chi connectivity index (χ1v) is 9.37. The summed E-state index contributed by atoms with van der Waals surface area (Å²) >= 11 is 0. The van der Waals surface area contributed by atoms with Crippen LogP contribution in [0, 0.1) is 0 Å². The summed E-state index contributed by atoms with van der Waals surface area (Å²) in [6, 6.07) is 0. The molecule has 1 aliphatic heterocycles. The van der Waals surface area contributed by atoms with Crippen LogP contribution < -0.4 is 0 Å². The molecule has 0 saturated carbocycles. The fourth-order valence-corrected chi connectivity index (χ4v) is 2.52. The van der Waals surface area contributed by atoms with E-state index in [1.807, 2.05) is 13.8 Å². The fourth-order valence-electron chi connectivity index (χ4n) is 2.52. The highest BCUT2D eigenvalue weighted by atomic mass is 16.7. The van der Waals surface area contributed by atoms with Gasteiger partial charge in [-0.3, -0.25) is 9.59 Å². The van der Waals surface area contributed by atoms with Crippen molar-refractivity contribution in [3.8, 4) is 0 Å². The Morgan fingerprint density at radius 3 is 2.07 bits per heavy atom. The predicted molar refractivity (Wildman–Crippen MR) is 95.7 cm³/mol. The Morgan fingerprint density at radius 2 is 1.61 bits per heavy atom. The third-order valence-electron chi connectivity index (χ3n) is 4.14. The van der Waals surface area contributed by atoms with E-state index in [1.54, 1.807) is 0 Å². The number of methoxy groups -OCH3 is 1. The lowest BCUT2D eigenvalue weighted by Gasteiger charge is -2.23. The molecule has 1 unspecified atom stereocenters. The molecule has 1 fully saturated rings. The van der Waals surface area contributed by atoms with Gasteiger partial charge in [-0.25, -0.2) is 9.59 Å². The van der Waals surface area contributed by atoms with Crippen molar-refractivity contribution in [2.75, 3.05) is 20.3 Å². The van der Waals surface area contributed by atoms with Crippen molar-refractivity contribution >= 4 is 23.9 Å². The van der Waals surface area contributed by atoms with Crippen LogP contribution in [-0.2, 0) is 38.1 Å². The molecule has 28 heavy (non-hydrogen) atoms. The van der Waals surface area contributed by atoms with Crippen molar-refractivity contribution in [1.82, 2.24) is 0 Å². The van der Waals surface area contributed by atoms with Gasteiger partial charge in [0.05, 0.1) is 33.2 Å². The number of carbonyl (C=O) groups excluding carboxylic acids is 4. The van der Waals surface area contributed by atoms with E-state index in [1.165, 1.54) is 7.11 Å². The average molecular weight is 400 g/mol. The normalized spacial score (nSPS) is 18.4. The van der Waals surface area contributed by atoms with Crippen molar-refractivity contribution in [3.63, 3.8) is 0 Å². The Hall–Kier alpha value is -2.42. The van der Waals surface area contributed by atoms with E-state index in [0.717, 1.165) is 12.8 Å². The number of ether oxygens (including phenoxy) is 4. The molecule has 9 heteroatoms. The van der Waals surface area contributed by atoms with Gasteiger partial charge in [0.25, 0.3) is 0 Å². The number of esters is 4. The summed E-state index contributed by atoms with van der Waals surface area (Å²) in [7, 11) is 1.17. The molecule has 1 saturated heterocycles. The highest BCUT2D eigenvalue weighted by Crippen LogP contribution is 2.37. The van der Waals surface area contributed by atoms with E-state index in [2.05, 4.69) is 4.74 Å². The topological polar surface area (TPSA) is 125 Å². The van der Waals surface area contributed by atoms with E-state index >= 15 is 0 Å². The molecule has 0 aromatic carbocycles. The van der Waals surface area contributed by atoms with Gasteiger partial charge in [-0.05, 0) is 12.8 Å². The molecule has 1 rings (SSSR count). The highest BCUT2D eigenvalue weighted by molar-refractivity contribution is 6.15. The maximum atomic E-state index is 12.5. The molecule has 0 aromatic rings. The third kappa shape index (κ3) is 6.63. The van der Waals surface area contributed by atoms with Gasteiger partial charge in [-0.1, -0.05) is 26.7 Å². The van der Waals surface area contributed by atoms with E-state index in [-0.39, 0.29) is 31.6 Å². The Morgan fingerprint density at radius 1 is 1.07 bits per heavy atom. The summed E-state index contributed by atoms with van der Waals surface area (Å²) in [6.45, 7) is 3.95. The lowest BCUT2D eigenvalue weighted by molar-refractivity contribution is -0.183. The van der Waals surface area contributed by atoms with Crippen LogP contribution in [0.4, 0.5) is 0 Å². The molecule has 0 spiro atoms. The Labute approximate surface area is 164 Å². The molecule has 1 aliphatic rings. The number of aliphatic hydroxyl groups is 1. The van der Waals surface area contributed by atoms with Crippen molar-refractivity contribution in [2.45, 2.75) is 64.6 Å². The molecule has 0 amide bonds. The lowest BCUT2D eigenvalue weighted by Crippen LogP contribution is -2.34. The van der Waals surface area contributed by atoms with E-state index in [9.17, 15) is 24.3 Å². The van der Waals surface area contributed by atoms with Crippen molar-refractivity contribution < 1.29 is 43.2 Å². The minimum Gasteiger partial charge on any atom is -0.469 e. The van der Waals surface area contributed by atoms with Crippen LogP contribution in [0.25, 0.3) is 0 Å². The Kier molecular flexibility index (Phi) is 9.64. The van der Waals surface area contributed by atoms with Gasteiger partial charge in [-0.2, -0.15) is 0 Å². The van der Waals surface area contributed by atoms with Crippen molar-refractivity contribution in [3.05, 3.63) is 11.1 Å². The number of hydrogen-bond donors (Lipinski definition) is 1. The Bertz CT molecular complexity index is 599. The number of rotatable bonds is 11. The standard InChI is InChI=1S/C19H28O9/c1-4-6-10-26-17(22)16(18(23)27-11-7-5-2)13-12-15(21)28-19(13,24)9-8-14(20)25-3/h24H,4-12H2,1-3H3. The first-order valence-electron chi connectivity index (χ1n) is 9.37. The van der Waals surface area contributed by atoms with Gasteiger partial charge in [0.15, 0.2) is 5.57 Å². The number of carbonyl (C=O) groups is 4. The molecule has 1 N–H and O–H groups in total. The average Bonchev–Trinajstić information content (AvgIpc) is 2.94. The molecule has 0 radical (unpaired) electrons. The highest BCUT2D eigenvalue weighted by Gasteiger charge is 2.48. The van der Waals surface area contributed by atoms with Crippen molar-refractivity contribution in [2.24, 2.45) is 0 Å². The van der Waals surface area contributed by atoms with Gasteiger partial charge in [0.1, 0.15) is 0 Å². The molecular weight excluding hydrogens is 372 g/mol. The van der Waals surface area contributed by atoms with Gasteiger partial charge in [-0.15, -0.1) is 0 Å². The quantitative estimate of drug-likeness (QED) is 0.137.